The first-order valence-corrected chi connectivity index (χ1v) is 12.3. The highest BCUT2D eigenvalue weighted by Gasteiger charge is 2.32. The number of nitrogens with one attached hydrogen (secondary N) is 3. The molecule has 2 aromatic carbocycles. The number of hydrogen-bond acceptors (Lipinski definition) is 12. The number of amides is 2. The second kappa shape index (κ2) is 13.8. The maximum atomic E-state index is 12.4. The molecule has 0 spiro atoms. The lowest BCUT2D eigenvalue weighted by Crippen LogP contribution is -2.45. The Labute approximate surface area is 235 Å². The number of nitrogens with zero attached hydrogens (tertiary/aromatic N) is 2. The van der Waals surface area contributed by atoms with Crippen molar-refractivity contribution in [2.45, 2.75) is 26.1 Å². The van der Waals surface area contributed by atoms with Gasteiger partial charge in [-0.3, -0.25) is 15.5 Å². The summed E-state index contributed by atoms with van der Waals surface area (Å²) >= 11 is 0. The fourth-order valence-electron chi connectivity index (χ4n) is 3.96. The number of nitro benzene ring substituents is 1. The molecule has 0 saturated heterocycles. The van der Waals surface area contributed by atoms with Gasteiger partial charge in [0.25, 0.3) is 0 Å². The summed E-state index contributed by atoms with van der Waals surface area (Å²) in [5, 5.41) is 30.8. The van der Waals surface area contributed by atoms with Crippen molar-refractivity contribution in [1.29, 1.82) is 0 Å². The summed E-state index contributed by atoms with van der Waals surface area (Å²) < 4.78 is 26.6. The van der Waals surface area contributed by atoms with Crippen molar-refractivity contribution in [3.05, 3.63) is 62.8 Å². The smallest absolute Gasteiger partial charge is 0.337 e. The molecule has 0 bridgehead atoms. The van der Waals surface area contributed by atoms with Crippen LogP contribution in [0, 0.1) is 10.1 Å². The van der Waals surface area contributed by atoms with E-state index in [1.54, 1.807) is 32.0 Å². The van der Waals surface area contributed by atoms with Crippen LogP contribution < -0.4 is 35.0 Å². The summed E-state index contributed by atoms with van der Waals surface area (Å²) in [6, 6.07) is 6.16. The first-order chi connectivity index (χ1) is 19.6. The molecule has 41 heavy (non-hydrogen) atoms. The van der Waals surface area contributed by atoms with Crippen LogP contribution in [0.5, 0.6) is 23.0 Å². The van der Waals surface area contributed by atoms with E-state index in [2.05, 4.69) is 21.2 Å². The van der Waals surface area contributed by atoms with Gasteiger partial charge in [-0.2, -0.15) is 5.10 Å². The average Bonchev–Trinajstić information content (AvgIpc) is 2.95. The molecule has 1 heterocycles. The topological polar surface area (TPSA) is 192 Å². The molecule has 0 unspecified atom stereocenters. The number of aliphatic hydroxyl groups is 1. The Bertz CT molecular complexity index is 1360. The molecular formula is C26H31N5O10. The molecule has 2 atom stereocenters. The van der Waals surface area contributed by atoms with Crippen LogP contribution in [0.3, 0.4) is 0 Å². The number of nitro groups is 1. The predicted molar refractivity (Wildman–Crippen MR) is 145 cm³/mol. The van der Waals surface area contributed by atoms with Crippen molar-refractivity contribution in [3.8, 4) is 23.0 Å². The second-order valence-electron chi connectivity index (χ2n) is 8.44. The molecule has 3 rings (SSSR count). The van der Waals surface area contributed by atoms with Gasteiger partial charge in [0.15, 0.2) is 17.7 Å². The van der Waals surface area contributed by atoms with E-state index in [4.69, 9.17) is 23.7 Å². The molecule has 15 heteroatoms. The number of hydrogen-bond donors (Lipinski definition) is 4. The quantitative estimate of drug-likeness (QED) is 0.0902. The molecule has 0 radical (unpaired) electrons. The molecule has 0 saturated carbocycles. The number of aliphatic hydroxyl groups excluding tert-OH is 1. The molecule has 1 aliphatic rings. The SMILES string of the molecule is CCOc1cc([C@H]2NC(=O)NC(C)=C2C(=O)OC)ccc1OC[C@@H](O)N/N=C\c1cc([N+](=O)[O-])c(OC)cc1OC. The number of methoxy groups -OCH3 is 3. The van der Waals surface area contributed by atoms with Crippen LogP contribution in [-0.2, 0) is 9.53 Å². The molecule has 1 aliphatic heterocycles. The van der Waals surface area contributed by atoms with Crippen LogP contribution in [0.15, 0.2) is 46.7 Å². The van der Waals surface area contributed by atoms with Crippen LogP contribution in [0.25, 0.3) is 0 Å². The third-order valence-corrected chi connectivity index (χ3v) is 5.83. The Balaban J connectivity index is 1.73. The van der Waals surface area contributed by atoms with E-state index in [-0.39, 0.29) is 47.3 Å². The maximum Gasteiger partial charge on any atom is 0.337 e. The number of hydrazone groups is 1. The van der Waals surface area contributed by atoms with E-state index >= 15 is 0 Å². The molecule has 4 N–H and O–H groups in total. The van der Waals surface area contributed by atoms with Crippen molar-refractivity contribution in [1.82, 2.24) is 16.1 Å². The minimum absolute atomic E-state index is 0.0247. The molecule has 0 aromatic heterocycles. The predicted octanol–water partition coefficient (Wildman–Crippen LogP) is 2.13. The lowest BCUT2D eigenvalue weighted by molar-refractivity contribution is -0.385. The average molecular weight is 574 g/mol. The molecule has 220 valence electrons. The van der Waals surface area contributed by atoms with Crippen molar-refractivity contribution in [3.63, 3.8) is 0 Å². The van der Waals surface area contributed by atoms with Crippen LogP contribution in [0.1, 0.15) is 31.0 Å². The first kappa shape index (κ1) is 30.5. The highest BCUT2D eigenvalue weighted by atomic mass is 16.6. The van der Waals surface area contributed by atoms with Gasteiger partial charge in [-0.25, -0.2) is 9.59 Å². The minimum Gasteiger partial charge on any atom is -0.496 e. The Kier molecular flexibility index (Phi) is 10.3. The number of carbonyl (C=O) groups excluding carboxylic acids is 2. The Morgan fingerprint density at radius 3 is 2.51 bits per heavy atom. The summed E-state index contributed by atoms with van der Waals surface area (Å²) in [4.78, 5) is 35.2. The number of allylic oxidation sites excluding steroid dienone is 1. The lowest BCUT2D eigenvalue weighted by atomic mass is 9.95. The normalized spacial score (nSPS) is 15.5. The van der Waals surface area contributed by atoms with Gasteiger partial charge in [-0.15, -0.1) is 0 Å². The number of benzene rings is 2. The fraction of sp³-hybridized carbons (Fsp3) is 0.346. The van der Waals surface area contributed by atoms with Gasteiger partial charge in [0.05, 0.1) is 50.7 Å². The Morgan fingerprint density at radius 1 is 1.15 bits per heavy atom. The summed E-state index contributed by atoms with van der Waals surface area (Å²) in [6.07, 6.45) is -0.0313. The van der Waals surface area contributed by atoms with Crippen molar-refractivity contribution in [2.75, 3.05) is 34.5 Å². The monoisotopic (exact) mass is 573 g/mol. The highest BCUT2D eigenvalue weighted by Crippen LogP contribution is 2.35. The van der Waals surface area contributed by atoms with Gasteiger partial charge in [0.1, 0.15) is 12.4 Å². The lowest BCUT2D eigenvalue weighted by Gasteiger charge is -2.28. The number of urea groups is 1. The highest BCUT2D eigenvalue weighted by molar-refractivity contribution is 5.95. The van der Waals surface area contributed by atoms with Gasteiger partial charge in [-0.05, 0) is 31.5 Å². The summed E-state index contributed by atoms with van der Waals surface area (Å²) in [5.41, 5.74) is 3.60. The Hall–Kier alpha value is -5.05. The van der Waals surface area contributed by atoms with Crippen molar-refractivity contribution < 1.29 is 43.3 Å². The number of carbonyl (C=O) groups is 2. The largest absolute Gasteiger partial charge is 0.496 e. The molecule has 0 aliphatic carbocycles. The van der Waals surface area contributed by atoms with Gasteiger partial charge in [-0.1, -0.05) is 6.07 Å². The van der Waals surface area contributed by atoms with E-state index in [0.717, 1.165) is 0 Å². The standard InChI is InChI=1S/C26H31N5O10/c1-6-40-21-10-15(24-23(25(33)39-5)14(2)28-26(34)29-24)7-8-18(21)41-13-22(32)30-27-12-16-9-17(31(35)36)20(38-4)11-19(16)37-3/h7-12,22,24,30,32H,6,13H2,1-5H3,(H2,28,29,34)/b27-12-/t22-,24-/m1/s1. The van der Waals surface area contributed by atoms with Crippen molar-refractivity contribution in [2.24, 2.45) is 5.10 Å². The van der Waals surface area contributed by atoms with Gasteiger partial charge in [0.2, 0.25) is 5.75 Å². The summed E-state index contributed by atoms with van der Waals surface area (Å²) in [7, 11) is 3.95. The van der Waals surface area contributed by atoms with Gasteiger partial charge >= 0.3 is 17.7 Å². The number of ether oxygens (including phenoxy) is 5. The summed E-state index contributed by atoms with van der Waals surface area (Å²) in [5.74, 6) is 0.293. The molecule has 2 amide bonds. The van der Waals surface area contributed by atoms with Crippen LogP contribution in [-0.4, -0.2) is 69.0 Å². The van der Waals surface area contributed by atoms with Crippen LogP contribution >= 0.6 is 0 Å². The van der Waals surface area contributed by atoms with E-state index in [1.165, 1.54) is 39.7 Å². The Morgan fingerprint density at radius 2 is 1.88 bits per heavy atom. The fourth-order valence-corrected chi connectivity index (χ4v) is 3.96. The molecule has 0 fully saturated rings. The van der Waals surface area contributed by atoms with E-state index < -0.39 is 29.2 Å². The van der Waals surface area contributed by atoms with E-state index in [1.807, 2.05) is 0 Å². The third kappa shape index (κ3) is 7.33. The van der Waals surface area contributed by atoms with Crippen molar-refractivity contribution >= 4 is 23.9 Å². The van der Waals surface area contributed by atoms with Gasteiger partial charge in [0, 0.05) is 23.4 Å². The molecule has 2 aromatic rings. The molecule has 15 nitrogen and oxygen atoms in total. The van der Waals surface area contributed by atoms with E-state index in [9.17, 15) is 24.8 Å². The van der Waals surface area contributed by atoms with E-state index in [0.29, 0.717) is 17.0 Å². The zero-order chi connectivity index (χ0) is 30.1. The second-order valence-corrected chi connectivity index (χ2v) is 8.44. The maximum absolute atomic E-state index is 12.4. The minimum atomic E-state index is -1.28. The number of rotatable bonds is 13. The zero-order valence-corrected chi connectivity index (χ0v) is 23.0. The van der Waals surface area contributed by atoms with Gasteiger partial charge < -0.3 is 39.4 Å². The third-order valence-electron chi connectivity index (χ3n) is 5.83. The van der Waals surface area contributed by atoms with Crippen LogP contribution in [0.4, 0.5) is 10.5 Å². The zero-order valence-electron chi connectivity index (χ0n) is 23.0. The first-order valence-electron chi connectivity index (χ1n) is 12.3. The van der Waals surface area contributed by atoms with Crippen LogP contribution in [0.2, 0.25) is 0 Å². The number of esters is 1. The summed E-state index contributed by atoms with van der Waals surface area (Å²) in [6.45, 7) is 3.41. The molecular weight excluding hydrogens is 542 g/mol.